The van der Waals surface area contributed by atoms with Gasteiger partial charge in [0, 0.05) is 31.4 Å². The Bertz CT molecular complexity index is 1150. The molecule has 2 aromatic carbocycles. The van der Waals surface area contributed by atoms with Crippen LogP contribution in [0.25, 0.3) is 0 Å². The molecule has 1 fully saturated rings. The number of alkyl halides is 3. The van der Waals surface area contributed by atoms with E-state index in [-0.39, 0.29) is 29.8 Å². The predicted molar refractivity (Wildman–Crippen MR) is 114 cm³/mol. The summed E-state index contributed by atoms with van der Waals surface area (Å²) in [5, 5.41) is 9.42. The van der Waals surface area contributed by atoms with Crippen molar-refractivity contribution < 1.29 is 36.2 Å². The first-order valence-corrected chi connectivity index (χ1v) is 11.9. The molecular weight excluding hydrogens is 461 g/mol. The van der Waals surface area contributed by atoms with Gasteiger partial charge in [0.1, 0.15) is 5.75 Å². The minimum atomic E-state index is -4.77. The van der Waals surface area contributed by atoms with Crippen LogP contribution in [0.15, 0.2) is 47.4 Å². The molecule has 1 N–H and O–H groups in total. The molecule has 33 heavy (non-hydrogen) atoms. The summed E-state index contributed by atoms with van der Waals surface area (Å²) in [6, 6.07) is 9.92. The highest BCUT2D eigenvalue weighted by molar-refractivity contribution is 7.89. The first-order chi connectivity index (χ1) is 15.5. The molecule has 1 aliphatic heterocycles. The van der Waals surface area contributed by atoms with Gasteiger partial charge in [0.15, 0.2) is 0 Å². The van der Waals surface area contributed by atoms with Crippen molar-refractivity contribution in [3.05, 3.63) is 53.6 Å². The molecule has 2 aromatic rings. The lowest BCUT2D eigenvalue weighted by Gasteiger charge is -2.40. The van der Waals surface area contributed by atoms with E-state index in [4.69, 9.17) is 0 Å². The number of aliphatic carboxylic acids is 1. The van der Waals surface area contributed by atoms with Crippen LogP contribution in [0.1, 0.15) is 30.4 Å². The molecule has 0 spiro atoms. The topological polar surface area (TPSA) is 87.2 Å². The van der Waals surface area contributed by atoms with Crippen molar-refractivity contribution in [2.24, 2.45) is 0 Å². The van der Waals surface area contributed by atoms with Crippen molar-refractivity contribution >= 4 is 21.7 Å². The number of hydrogen-bond donors (Lipinski definition) is 1. The summed E-state index contributed by atoms with van der Waals surface area (Å²) in [6.45, 7) is 2.56. The average Bonchev–Trinajstić information content (AvgIpc) is 3.17. The molecule has 0 saturated carbocycles. The number of rotatable bonds is 5. The van der Waals surface area contributed by atoms with Gasteiger partial charge in [-0.3, -0.25) is 4.79 Å². The number of sulfonamides is 1. The molecule has 0 radical (unpaired) electrons. The Morgan fingerprint density at radius 2 is 1.82 bits per heavy atom. The molecule has 0 amide bonds. The second-order valence-electron chi connectivity index (χ2n) is 8.24. The quantitative estimate of drug-likeness (QED) is 0.698. The molecule has 2 atom stereocenters. The number of fused-ring (bicyclic) bond motifs is 1. The fourth-order valence-electron chi connectivity index (χ4n) is 4.51. The van der Waals surface area contributed by atoms with E-state index in [1.165, 1.54) is 40.7 Å². The summed E-state index contributed by atoms with van der Waals surface area (Å²) >= 11 is 0. The maximum atomic E-state index is 13.3. The van der Waals surface area contributed by atoms with Gasteiger partial charge in [0.25, 0.3) is 0 Å². The van der Waals surface area contributed by atoms with Crippen LogP contribution in [0.3, 0.4) is 0 Å². The Hall–Kier alpha value is -2.79. The van der Waals surface area contributed by atoms with E-state index < -0.39 is 28.3 Å². The fourth-order valence-corrected chi connectivity index (χ4v) is 6.06. The number of benzene rings is 2. The molecule has 0 bridgehead atoms. The second kappa shape index (κ2) is 8.53. The number of halogens is 3. The van der Waals surface area contributed by atoms with E-state index in [0.717, 1.165) is 5.56 Å². The van der Waals surface area contributed by atoms with E-state index in [0.29, 0.717) is 30.6 Å². The zero-order valence-electron chi connectivity index (χ0n) is 17.7. The molecule has 2 aliphatic rings. The van der Waals surface area contributed by atoms with Gasteiger partial charge in [-0.05, 0) is 67.3 Å². The molecule has 1 saturated heterocycles. The highest BCUT2D eigenvalue weighted by Crippen LogP contribution is 2.36. The van der Waals surface area contributed by atoms with E-state index in [1.807, 2.05) is 11.8 Å². The zero-order chi connectivity index (χ0) is 24.0. The monoisotopic (exact) mass is 484 g/mol. The second-order valence-corrected chi connectivity index (χ2v) is 10.2. The Morgan fingerprint density at radius 3 is 2.42 bits per heavy atom. The predicted octanol–water partition coefficient (Wildman–Crippen LogP) is 3.60. The zero-order valence-corrected chi connectivity index (χ0v) is 18.6. The first kappa shape index (κ1) is 23.4. The van der Waals surface area contributed by atoms with Gasteiger partial charge in [-0.1, -0.05) is 6.07 Å². The van der Waals surface area contributed by atoms with Gasteiger partial charge >= 0.3 is 12.3 Å². The third-order valence-electron chi connectivity index (χ3n) is 6.12. The highest BCUT2D eigenvalue weighted by atomic mass is 32.2. The van der Waals surface area contributed by atoms with Crippen molar-refractivity contribution in [2.75, 3.05) is 24.5 Å². The van der Waals surface area contributed by atoms with E-state index in [2.05, 4.69) is 4.74 Å². The number of hydrogen-bond acceptors (Lipinski definition) is 5. The van der Waals surface area contributed by atoms with Crippen molar-refractivity contribution in [3.63, 3.8) is 0 Å². The average molecular weight is 484 g/mol. The van der Waals surface area contributed by atoms with Crippen LogP contribution in [0.2, 0.25) is 0 Å². The van der Waals surface area contributed by atoms with Gasteiger partial charge in [0.2, 0.25) is 10.0 Å². The third-order valence-corrected chi connectivity index (χ3v) is 7.98. The normalized spacial score (nSPS) is 21.6. The lowest BCUT2D eigenvalue weighted by molar-refractivity contribution is -0.274. The van der Waals surface area contributed by atoms with Gasteiger partial charge < -0.3 is 14.7 Å². The molecule has 1 aliphatic carbocycles. The standard InChI is InChI=1S/C22H23F3N2O5S/c1-14-13-26(10-11-27(14)16-4-6-17(7-5-16)32-22(23,24)25)33(30,31)18-8-2-15-3-9-19(21(28)29)20(15)12-18/h2,4-8,12,14,19H,3,9-11,13H2,1H3,(H,28,29). The Morgan fingerprint density at radius 1 is 1.12 bits per heavy atom. The van der Waals surface area contributed by atoms with E-state index in [9.17, 15) is 31.5 Å². The van der Waals surface area contributed by atoms with Crippen LogP contribution in [0.4, 0.5) is 18.9 Å². The molecule has 7 nitrogen and oxygen atoms in total. The fraction of sp³-hybridized carbons (Fsp3) is 0.409. The van der Waals surface area contributed by atoms with Crippen LogP contribution in [0, 0.1) is 0 Å². The summed E-state index contributed by atoms with van der Waals surface area (Å²) in [5.41, 5.74) is 2.07. The summed E-state index contributed by atoms with van der Waals surface area (Å²) in [5.74, 6) is -1.98. The molecular formula is C22H23F3N2O5S. The SMILES string of the molecule is CC1CN(S(=O)(=O)c2ccc3c(c2)C(C(=O)O)CC3)CCN1c1ccc(OC(F)(F)F)cc1. The van der Waals surface area contributed by atoms with Gasteiger partial charge in [-0.25, -0.2) is 8.42 Å². The van der Waals surface area contributed by atoms with Gasteiger partial charge in [-0.2, -0.15) is 4.31 Å². The number of aryl methyl sites for hydroxylation is 1. The molecule has 4 rings (SSSR count). The van der Waals surface area contributed by atoms with Crippen molar-refractivity contribution in [1.29, 1.82) is 0 Å². The minimum Gasteiger partial charge on any atom is -0.481 e. The number of anilines is 1. The van der Waals surface area contributed by atoms with Crippen LogP contribution >= 0.6 is 0 Å². The van der Waals surface area contributed by atoms with Crippen molar-refractivity contribution in [2.45, 2.75) is 43.0 Å². The summed E-state index contributed by atoms with van der Waals surface area (Å²) < 4.78 is 68.9. The number of nitrogens with zero attached hydrogens (tertiary/aromatic N) is 2. The smallest absolute Gasteiger partial charge is 0.481 e. The summed E-state index contributed by atoms with van der Waals surface area (Å²) in [7, 11) is -3.83. The number of piperazine rings is 1. The lowest BCUT2D eigenvalue weighted by Crippen LogP contribution is -2.53. The van der Waals surface area contributed by atoms with Crippen LogP contribution in [-0.2, 0) is 21.2 Å². The van der Waals surface area contributed by atoms with Crippen molar-refractivity contribution in [1.82, 2.24) is 4.31 Å². The van der Waals surface area contributed by atoms with E-state index in [1.54, 1.807) is 6.07 Å². The Balaban J connectivity index is 1.49. The molecule has 2 unspecified atom stereocenters. The summed E-state index contributed by atoms with van der Waals surface area (Å²) in [4.78, 5) is 13.5. The van der Waals surface area contributed by atoms with Crippen LogP contribution < -0.4 is 9.64 Å². The highest BCUT2D eigenvalue weighted by Gasteiger charge is 2.35. The summed E-state index contributed by atoms with van der Waals surface area (Å²) in [6.07, 6.45) is -3.71. The van der Waals surface area contributed by atoms with Crippen molar-refractivity contribution in [3.8, 4) is 5.75 Å². The Labute approximate surface area is 189 Å². The minimum absolute atomic E-state index is 0.0729. The first-order valence-electron chi connectivity index (χ1n) is 10.4. The maximum absolute atomic E-state index is 13.3. The number of carbonyl (C=O) groups is 1. The van der Waals surface area contributed by atoms with Crippen LogP contribution in [-0.4, -0.2) is 55.8 Å². The Kier molecular flexibility index (Phi) is 6.04. The van der Waals surface area contributed by atoms with E-state index >= 15 is 0 Å². The van der Waals surface area contributed by atoms with Gasteiger partial charge in [0.05, 0.1) is 10.8 Å². The number of carboxylic acids is 1. The molecule has 1 heterocycles. The third kappa shape index (κ3) is 4.79. The maximum Gasteiger partial charge on any atom is 0.573 e. The molecule has 0 aromatic heterocycles. The molecule has 178 valence electrons. The largest absolute Gasteiger partial charge is 0.573 e. The number of ether oxygens (including phenoxy) is 1. The van der Waals surface area contributed by atoms with Gasteiger partial charge in [-0.15, -0.1) is 13.2 Å². The van der Waals surface area contributed by atoms with Crippen LogP contribution in [0.5, 0.6) is 5.75 Å². The lowest BCUT2D eigenvalue weighted by atomic mass is 10.0. The molecule has 11 heteroatoms. The number of carboxylic acid groups (broad SMARTS) is 1.